The van der Waals surface area contributed by atoms with Crippen LogP contribution in [0.3, 0.4) is 0 Å². The maximum Gasteiger partial charge on any atom is 0.305 e. The molecule has 1 N–H and O–H groups in total. The second kappa shape index (κ2) is 5.30. The monoisotopic (exact) mass is 228 g/mol. The van der Waals surface area contributed by atoms with Crippen molar-refractivity contribution in [2.75, 3.05) is 20.1 Å². The Bertz CT molecular complexity index is 280. The molecule has 1 fully saturated rings. The topological polar surface area (TPSA) is 60.9 Å². The molecular formula is C11H20N2O3. The van der Waals surface area contributed by atoms with Crippen molar-refractivity contribution < 1.29 is 14.7 Å². The smallest absolute Gasteiger partial charge is 0.305 e. The van der Waals surface area contributed by atoms with Crippen molar-refractivity contribution in [1.82, 2.24) is 9.80 Å². The predicted molar refractivity (Wildman–Crippen MR) is 60.1 cm³/mol. The molecule has 1 heterocycles. The molecule has 16 heavy (non-hydrogen) atoms. The number of carboxylic acids is 1. The lowest BCUT2D eigenvalue weighted by atomic mass is 10.1. The molecule has 0 spiro atoms. The molecule has 5 nitrogen and oxygen atoms in total. The van der Waals surface area contributed by atoms with E-state index in [-0.39, 0.29) is 18.4 Å². The summed E-state index contributed by atoms with van der Waals surface area (Å²) in [4.78, 5) is 26.5. The Kier molecular flexibility index (Phi) is 4.29. The van der Waals surface area contributed by atoms with Crippen LogP contribution in [0.15, 0.2) is 0 Å². The van der Waals surface area contributed by atoms with Gasteiger partial charge in [-0.05, 0) is 19.9 Å². The summed E-state index contributed by atoms with van der Waals surface area (Å²) in [6.45, 7) is 5.45. The zero-order valence-electron chi connectivity index (χ0n) is 10.1. The zero-order valence-corrected chi connectivity index (χ0v) is 10.1. The molecule has 0 aromatic carbocycles. The van der Waals surface area contributed by atoms with Gasteiger partial charge in [-0.1, -0.05) is 6.92 Å². The Balaban J connectivity index is 2.87. The molecule has 1 amide bonds. The third-order valence-electron chi connectivity index (χ3n) is 3.34. The fourth-order valence-electron chi connectivity index (χ4n) is 2.07. The molecule has 1 aliphatic rings. The van der Waals surface area contributed by atoms with Crippen molar-refractivity contribution >= 4 is 11.9 Å². The fourth-order valence-corrected chi connectivity index (χ4v) is 2.07. The van der Waals surface area contributed by atoms with E-state index >= 15 is 0 Å². The molecule has 2 atom stereocenters. The molecule has 92 valence electrons. The van der Waals surface area contributed by atoms with Crippen molar-refractivity contribution in [3.05, 3.63) is 0 Å². The number of likely N-dealkylation sites (N-methyl/N-ethyl adjacent to an activating group) is 2. The highest BCUT2D eigenvalue weighted by Crippen LogP contribution is 2.17. The summed E-state index contributed by atoms with van der Waals surface area (Å²) in [7, 11) is 1.75. The van der Waals surface area contributed by atoms with Crippen molar-refractivity contribution in [2.45, 2.75) is 38.8 Å². The molecule has 0 aromatic rings. The third kappa shape index (κ3) is 2.72. The van der Waals surface area contributed by atoms with Gasteiger partial charge in [0, 0.05) is 19.6 Å². The first-order valence-corrected chi connectivity index (χ1v) is 5.69. The SMILES string of the molecule is CCN1CCC(C)N(C)C(=O)C1CC(=O)O. The van der Waals surface area contributed by atoms with Crippen LogP contribution >= 0.6 is 0 Å². The summed E-state index contributed by atoms with van der Waals surface area (Å²) in [5, 5.41) is 8.84. The maximum atomic E-state index is 12.1. The molecule has 1 saturated heterocycles. The van der Waals surface area contributed by atoms with Crippen molar-refractivity contribution in [1.29, 1.82) is 0 Å². The molecule has 1 rings (SSSR count). The lowest BCUT2D eigenvalue weighted by Crippen LogP contribution is -2.46. The van der Waals surface area contributed by atoms with Crippen molar-refractivity contribution in [2.24, 2.45) is 0 Å². The summed E-state index contributed by atoms with van der Waals surface area (Å²) in [5.74, 6) is -0.992. The van der Waals surface area contributed by atoms with Gasteiger partial charge in [-0.25, -0.2) is 0 Å². The summed E-state index contributed by atoms with van der Waals surface area (Å²) in [6, 6.07) is -0.321. The highest BCUT2D eigenvalue weighted by Gasteiger charge is 2.34. The van der Waals surface area contributed by atoms with E-state index in [0.29, 0.717) is 6.54 Å². The van der Waals surface area contributed by atoms with E-state index in [9.17, 15) is 9.59 Å². The Labute approximate surface area is 96.0 Å². The molecule has 2 unspecified atom stereocenters. The second-order valence-corrected chi connectivity index (χ2v) is 4.33. The molecule has 0 bridgehead atoms. The minimum absolute atomic E-state index is 0.0748. The van der Waals surface area contributed by atoms with Crippen molar-refractivity contribution in [3.8, 4) is 0 Å². The molecule has 0 saturated carbocycles. The van der Waals surface area contributed by atoms with Crippen LogP contribution in [0, 0.1) is 0 Å². The van der Waals surface area contributed by atoms with E-state index in [1.807, 2.05) is 18.7 Å². The van der Waals surface area contributed by atoms with E-state index < -0.39 is 12.0 Å². The van der Waals surface area contributed by atoms with Crippen LogP contribution in [0.25, 0.3) is 0 Å². The van der Waals surface area contributed by atoms with Gasteiger partial charge >= 0.3 is 5.97 Å². The van der Waals surface area contributed by atoms with E-state index in [1.165, 1.54) is 0 Å². The van der Waals surface area contributed by atoms with E-state index in [0.717, 1.165) is 13.0 Å². The Morgan fingerprint density at radius 3 is 2.69 bits per heavy atom. The summed E-state index contributed by atoms with van der Waals surface area (Å²) in [5.41, 5.74) is 0. The molecule has 0 aromatic heterocycles. The number of rotatable bonds is 3. The quantitative estimate of drug-likeness (QED) is 0.759. The van der Waals surface area contributed by atoms with Crippen LogP contribution in [0.5, 0.6) is 0 Å². The van der Waals surface area contributed by atoms with Gasteiger partial charge in [0.1, 0.15) is 0 Å². The van der Waals surface area contributed by atoms with E-state index in [4.69, 9.17) is 5.11 Å². The van der Waals surface area contributed by atoms with Gasteiger partial charge in [0.15, 0.2) is 0 Å². The molecule has 0 aliphatic carbocycles. The van der Waals surface area contributed by atoms with Crippen LogP contribution in [-0.4, -0.2) is 59.0 Å². The molecule has 5 heteroatoms. The first-order valence-electron chi connectivity index (χ1n) is 5.69. The number of aliphatic carboxylic acids is 1. The Morgan fingerprint density at radius 2 is 2.19 bits per heavy atom. The number of nitrogens with zero attached hydrogens (tertiary/aromatic N) is 2. The first-order chi connectivity index (χ1) is 7.47. The van der Waals surface area contributed by atoms with Crippen LogP contribution in [0.1, 0.15) is 26.7 Å². The summed E-state index contributed by atoms with van der Waals surface area (Å²) in [6.07, 6.45) is 0.788. The predicted octanol–water partition coefficient (Wildman–Crippen LogP) is 0.402. The zero-order chi connectivity index (χ0) is 12.3. The van der Waals surface area contributed by atoms with E-state index in [2.05, 4.69) is 0 Å². The van der Waals surface area contributed by atoms with Gasteiger partial charge in [0.05, 0.1) is 12.5 Å². The molecular weight excluding hydrogens is 208 g/mol. The lowest BCUT2D eigenvalue weighted by molar-refractivity contribution is -0.144. The van der Waals surface area contributed by atoms with Crippen LogP contribution < -0.4 is 0 Å². The maximum absolute atomic E-state index is 12.1. The summed E-state index contributed by atoms with van der Waals surface area (Å²) >= 11 is 0. The fraction of sp³-hybridized carbons (Fsp3) is 0.818. The second-order valence-electron chi connectivity index (χ2n) is 4.33. The van der Waals surface area contributed by atoms with Gasteiger partial charge in [0.25, 0.3) is 0 Å². The highest BCUT2D eigenvalue weighted by molar-refractivity contribution is 5.86. The number of hydrogen-bond acceptors (Lipinski definition) is 3. The number of carbonyl (C=O) groups excluding carboxylic acids is 1. The van der Waals surface area contributed by atoms with Crippen LogP contribution in [0.4, 0.5) is 0 Å². The third-order valence-corrected chi connectivity index (χ3v) is 3.34. The molecule has 0 radical (unpaired) electrons. The number of carboxylic acid groups (broad SMARTS) is 1. The van der Waals surface area contributed by atoms with Gasteiger partial charge < -0.3 is 10.0 Å². The van der Waals surface area contributed by atoms with Gasteiger partial charge in [-0.2, -0.15) is 0 Å². The summed E-state index contributed by atoms with van der Waals surface area (Å²) < 4.78 is 0. The van der Waals surface area contributed by atoms with Gasteiger partial charge in [0.2, 0.25) is 5.91 Å². The number of carbonyl (C=O) groups is 2. The van der Waals surface area contributed by atoms with Gasteiger partial charge in [-0.15, -0.1) is 0 Å². The standard InChI is InChI=1S/C11H20N2O3/c1-4-13-6-5-8(2)12(3)11(16)9(13)7-10(14)15/h8-9H,4-7H2,1-3H3,(H,14,15). The van der Waals surface area contributed by atoms with Gasteiger partial charge in [-0.3, -0.25) is 14.5 Å². The number of amides is 1. The Morgan fingerprint density at radius 1 is 1.56 bits per heavy atom. The Hall–Kier alpha value is -1.10. The first kappa shape index (κ1) is 13.0. The minimum Gasteiger partial charge on any atom is -0.481 e. The average Bonchev–Trinajstić information content (AvgIpc) is 2.32. The van der Waals surface area contributed by atoms with Crippen LogP contribution in [-0.2, 0) is 9.59 Å². The largest absolute Gasteiger partial charge is 0.481 e. The highest BCUT2D eigenvalue weighted by atomic mass is 16.4. The number of hydrogen-bond donors (Lipinski definition) is 1. The van der Waals surface area contributed by atoms with Crippen molar-refractivity contribution in [3.63, 3.8) is 0 Å². The van der Waals surface area contributed by atoms with Crippen LogP contribution in [0.2, 0.25) is 0 Å². The van der Waals surface area contributed by atoms with E-state index in [1.54, 1.807) is 11.9 Å². The lowest BCUT2D eigenvalue weighted by Gasteiger charge is -2.28. The minimum atomic E-state index is -0.917. The normalized spacial score (nSPS) is 27.9. The molecule has 1 aliphatic heterocycles. The average molecular weight is 228 g/mol.